The molecule has 2 aromatic heterocycles. The molecule has 0 bridgehead atoms. The highest BCUT2D eigenvalue weighted by Crippen LogP contribution is 2.13. The highest BCUT2D eigenvalue weighted by molar-refractivity contribution is 9.10. The van der Waals surface area contributed by atoms with E-state index in [9.17, 15) is 4.79 Å². The number of aromatic nitrogens is 2. The molecule has 3 rings (SSSR count). The fourth-order valence-corrected chi connectivity index (χ4v) is 2.34. The minimum Gasteiger partial charge on any atom is -0.306 e. The molecule has 0 saturated carbocycles. The number of pyridine rings is 1. The Labute approximate surface area is 124 Å². The lowest BCUT2D eigenvalue weighted by Gasteiger charge is -1.93. The Morgan fingerprint density at radius 1 is 1.20 bits per heavy atom. The van der Waals surface area contributed by atoms with Crippen LogP contribution in [0.2, 0.25) is 0 Å². The fraction of sp³-hybridized carbons (Fsp3) is 0. The summed E-state index contributed by atoms with van der Waals surface area (Å²) in [4.78, 5) is 16.4. The van der Waals surface area contributed by atoms with Gasteiger partial charge in [-0.15, -0.1) is 0 Å². The van der Waals surface area contributed by atoms with Gasteiger partial charge in [0.15, 0.2) is 0 Å². The van der Waals surface area contributed by atoms with Crippen LogP contribution in [0.4, 0.5) is 0 Å². The predicted octanol–water partition coefficient (Wildman–Crippen LogP) is 3.99. The maximum atomic E-state index is 12.1. The Bertz CT molecular complexity index is 772. The third-order valence-corrected chi connectivity index (χ3v) is 3.39. The van der Waals surface area contributed by atoms with Crippen LogP contribution < -0.4 is 0 Å². The van der Waals surface area contributed by atoms with E-state index in [1.165, 1.54) is 0 Å². The molecule has 0 fully saturated rings. The third kappa shape index (κ3) is 2.70. The monoisotopic (exact) mass is 326 g/mol. The number of carbonyl (C=O) groups is 1. The number of carbonyl (C=O) groups excluding carboxylic acids is 1. The van der Waals surface area contributed by atoms with E-state index in [1.807, 2.05) is 53.1 Å². The number of hydrogen-bond donors (Lipinski definition) is 0. The number of imidazole rings is 1. The molecule has 1 aromatic carbocycles. The van der Waals surface area contributed by atoms with Crippen LogP contribution in [0.15, 0.2) is 65.4 Å². The van der Waals surface area contributed by atoms with Crippen LogP contribution in [-0.4, -0.2) is 15.2 Å². The number of hydrogen-bond acceptors (Lipinski definition) is 2. The lowest BCUT2D eigenvalue weighted by molar-refractivity contribution is 0.104. The van der Waals surface area contributed by atoms with E-state index in [1.54, 1.807) is 18.3 Å². The number of rotatable bonds is 3. The summed E-state index contributed by atoms with van der Waals surface area (Å²) >= 11 is 3.40. The van der Waals surface area contributed by atoms with Gasteiger partial charge in [0.25, 0.3) is 0 Å². The maximum Gasteiger partial charge on any atom is 0.205 e. The second kappa shape index (κ2) is 5.43. The quantitative estimate of drug-likeness (QED) is 0.538. The minimum absolute atomic E-state index is 0.103. The smallest absolute Gasteiger partial charge is 0.205 e. The van der Waals surface area contributed by atoms with Crippen molar-refractivity contribution >= 4 is 33.4 Å². The van der Waals surface area contributed by atoms with Crippen molar-refractivity contribution in [2.45, 2.75) is 0 Å². The molecular formula is C16H11BrN2O. The van der Waals surface area contributed by atoms with Gasteiger partial charge in [0.2, 0.25) is 5.78 Å². The molecule has 98 valence electrons. The maximum absolute atomic E-state index is 12.1. The van der Waals surface area contributed by atoms with Gasteiger partial charge in [-0.2, -0.15) is 0 Å². The van der Waals surface area contributed by atoms with Crippen LogP contribution in [0.5, 0.6) is 0 Å². The van der Waals surface area contributed by atoms with Crippen LogP contribution in [0.1, 0.15) is 16.1 Å². The minimum atomic E-state index is -0.103. The molecule has 20 heavy (non-hydrogen) atoms. The van der Waals surface area contributed by atoms with E-state index < -0.39 is 0 Å². The Balaban J connectivity index is 1.85. The molecule has 0 aliphatic heterocycles. The molecule has 0 unspecified atom stereocenters. The summed E-state index contributed by atoms with van der Waals surface area (Å²) < 4.78 is 2.82. The molecule has 0 N–H and O–H groups in total. The lowest BCUT2D eigenvalue weighted by atomic mass is 10.2. The zero-order valence-corrected chi connectivity index (χ0v) is 12.1. The van der Waals surface area contributed by atoms with Gasteiger partial charge in [0.05, 0.1) is 0 Å². The summed E-state index contributed by atoms with van der Waals surface area (Å²) in [6.07, 6.45) is 6.95. The van der Waals surface area contributed by atoms with Gasteiger partial charge in [-0.05, 0) is 35.9 Å². The first-order valence-electron chi connectivity index (χ1n) is 6.14. The number of nitrogens with zero attached hydrogens (tertiary/aromatic N) is 2. The molecule has 0 spiro atoms. The molecule has 0 atom stereocenters. The third-order valence-electron chi connectivity index (χ3n) is 2.89. The van der Waals surface area contributed by atoms with Gasteiger partial charge in [-0.3, -0.25) is 4.79 Å². The van der Waals surface area contributed by atoms with Crippen molar-refractivity contribution < 1.29 is 4.79 Å². The largest absolute Gasteiger partial charge is 0.306 e. The number of benzene rings is 1. The number of allylic oxidation sites excluding steroid dienone is 1. The summed E-state index contributed by atoms with van der Waals surface area (Å²) in [5.74, 6) is -0.103. The van der Waals surface area contributed by atoms with Gasteiger partial charge in [-0.1, -0.05) is 40.2 Å². The molecule has 0 radical (unpaired) electrons. The van der Waals surface area contributed by atoms with Crippen LogP contribution in [-0.2, 0) is 0 Å². The van der Waals surface area contributed by atoms with Gasteiger partial charge >= 0.3 is 0 Å². The standard InChI is InChI=1S/C16H11BrN2O/c17-13-5-3-4-12(10-13)7-8-15(20)14-11-19-9-2-1-6-16(19)18-14/h1-11H. The van der Waals surface area contributed by atoms with Crippen molar-refractivity contribution in [3.05, 3.63) is 76.7 Å². The second-order valence-corrected chi connectivity index (χ2v) is 5.26. The number of ketones is 1. The average molecular weight is 327 g/mol. The van der Waals surface area contributed by atoms with Crippen LogP contribution in [0.25, 0.3) is 11.7 Å². The molecule has 4 heteroatoms. The zero-order valence-electron chi connectivity index (χ0n) is 10.5. The Morgan fingerprint density at radius 2 is 2.10 bits per heavy atom. The van der Waals surface area contributed by atoms with E-state index in [0.29, 0.717) is 5.69 Å². The SMILES string of the molecule is O=C(C=Cc1cccc(Br)c1)c1cn2ccccc2n1. The Kier molecular flexibility index (Phi) is 3.48. The van der Waals surface area contributed by atoms with Crippen molar-refractivity contribution in [3.8, 4) is 0 Å². The van der Waals surface area contributed by atoms with Crippen molar-refractivity contribution in [1.29, 1.82) is 0 Å². The average Bonchev–Trinajstić information content (AvgIpc) is 2.89. The summed E-state index contributed by atoms with van der Waals surface area (Å²) in [6.45, 7) is 0. The Morgan fingerprint density at radius 3 is 2.90 bits per heavy atom. The summed E-state index contributed by atoms with van der Waals surface area (Å²) in [6, 6.07) is 13.4. The molecule has 2 heterocycles. The summed E-state index contributed by atoms with van der Waals surface area (Å²) in [7, 11) is 0. The van der Waals surface area contributed by atoms with Gasteiger partial charge in [0, 0.05) is 16.9 Å². The highest BCUT2D eigenvalue weighted by Gasteiger charge is 2.07. The highest BCUT2D eigenvalue weighted by atomic mass is 79.9. The Hall–Kier alpha value is -2.20. The number of fused-ring (bicyclic) bond motifs is 1. The van der Waals surface area contributed by atoms with Crippen molar-refractivity contribution in [2.24, 2.45) is 0 Å². The molecule has 0 aliphatic carbocycles. The van der Waals surface area contributed by atoms with Crippen molar-refractivity contribution in [1.82, 2.24) is 9.38 Å². The zero-order chi connectivity index (χ0) is 13.9. The van der Waals surface area contributed by atoms with Gasteiger partial charge in [0.1, 0.15) is 11.3 Å². The molecular weight excluding hydrogens is 316 g/mol. The molecule has 0 aliphatic rings. The first kappa shape index (κ1) is 12.8. The van der Waals surface area contributed by atoms with Gasteiger partial charge < -0.3 is 4.40 Å². The second-order valence-electron chi connectivity index (χ2n) is 4.34. The topological polar surface area (TPSA) is 34.4 Å². The van der Waals surface area contributed by atoms with Crippen LogP contribution in [0.3, 0.4) is 0 Å². The molecule has 0 amide bonds. The van der Waals surface area contributed by atoms with E-state index in [2.05, 4.69) is 20.9 Å². The summed E-state index contributed by atoms with van der Waals surface area (Å²) in [5, 5.41) is 0. The van der Waals surface area contributed by atoms with Crippen LogP contribution >= 0.6 is 15.9 Å². The van der Waals surface area contributed by atoms with E-state index in [4.69, 9.17) is 0 Å². The molecule has 3 aromatic rings. The van der Waals surface area contributed by atoms with Crippen molar-refractivity contribution in [2.75, 3.05) is 0 Å². The molecule has 3 nitrogen and oxygen atoms in total. The fourth-order valence-electron chi connectivity index (χ4n) is 1.92. The first-order chi connectivity index (χ1) is 9.72. The number of halogens is 1. The van der Waals surface area contributed by atoms with Crippen molar-refractivity contribution in [3.63, 3.8) is 0 Å². The van der Waals surface area contributed by atoms with E-state index in [0.717, 1.165) is 15.7 Å². The normalized spacial score (nSPS) is 11.2. The van der Waals surface area contributed by atoms with E-state index >= 15 is 0 Å². The van der Waals surface area contributed by atoms with E-state index in [-0.39, 0.29) is 5.78 Å². The first-order valence-corrected chi connectivity index (χ1v) is 6.93. The van der Waals surface area contributed by atoms with Crippen LogP contribution in [0, 0.1) is 0 Å². The van der Waals surface area contributed by atoms with Gasteiger partial charge in [-0.25, -0.2) is 4.98 Å². The molecule has 0 saturated heterocycles. The predicted molar refractivity (Wildman–Crippen MR) is 82.7 cm³/mol. The lowest BCUT2D eigenvalue weighted by Crippen LogP contribution is -1.93. The summed E-state index contributed by atoms with van der Waals surface area (Å²) in [5.41, 5.74) is 2.19.